The average Bonchev–Trinajstić information content (AvgIpc) is 2.26. The molecule has 0 atom stereocenters. The van der Waals surface area contributed by atoms with E-state index in [1.807, 2.05) is 6.92 Å². The lowest BCUT2D eigenvalue weighted by Gasteiger charge is -2.13. The van der Waals surface area contributed by atoms with Crippen LogP contribution in [0.1, 0.15) is 12.5 Å². The number of hydrogen-bond acceptors (Lipinski definition) is 4. The van der Waals surface area contributed by atoms with Crippen molar-refractivity contribution < 1.29 is 14.9 Å². The van der Waals surface area contributed by atoms with Gasteiger partial charge in [-0.2, -0.15) is 0 Å². The molecule has 3 N–H and O–H groups in total. The van der Waals surface area contributed by atoms with Crippen LogP contribution in [0.2, 0.25) is 0 Å². The highest BCUT2D eigenvalue weighted by Crippen LogP contribution is 2.32. The minimum absolute atomic E-state index is 0.0411. The number of aliphatic hydroxyl groups excluding tert-OH is 1. The van der Waals surface area contributed by atoms with Crippen LogP contribution in [0.3, 0.4) is 0 Å². The third-order valence-electron chi connectivity index (χ3n) is 2.21. The van der Waals surface area contributed by atoms with Gasteiger partial charge in [0, 0.05) is 12.6 Å². The SMILES string of the molecule is CCc1cc(OC)c(NCCO)cc1O. The van der Waals surface area contributed by atoms with Gasteiger partial charge in [-0.25, -0.2) is 0 Å². The van der Waals surface area contributed by atoms with Gasteiger partial charge in [0.25, 0.3) is 0 Å². The fraction of sp³-hybridized carbons (Fsp3) is 0.455. The molecule has 0 aliphatic carbocycles. The first-order valence-electron chi connectivity index (χ1n) is 4.97. The second-order valence-corrected chi connectivity index (χ2v) is 3.19. The molecule has 0 spiro atoms. The zero-order chi connectivity index (χ0) is 11.3. The monoisotopic (exact) mass is 211 g/mol. The zero-order valence-electron chi connectivity index (χ0n) is 9.08. The van der Waals surface area contributed by atoms with Crippen LogP contribution in [0, 0.1) is 0 Å². The Kier molecular flexibility index (Phi) is 4.24. The topological polar surface area (TPSA) is 61.7 Å². The summed E-state index contributed by atoms with van der Waals surface area (Å²) in [6, 6.07) is 3.42. The molecule has 0 saturated heterocycles. The molecule has 0 aromatic heterocycles. The Hall–Kier alpha value is -1.42. The molecule has 0 aliphatic heterocycles. The maximum atomic E-state index is 9.65. The van der Waals surface area contributed by atoms with Gasteiger partial charge >= 0.3 is 0 Å². The van der Waals surface area contributed by atoms with Gasteiger partial charge in [0.05, 0.1) is 19.4 Å². The summed E-state index contributed by atoms with van der Waals surface area (Å²) in [6.07, 6.45) is 0.752. The molecule has 0 heterocycles. The molecule has 84 valence electrons. The van der Waals surface area contributed by atoms with E-state index in [1.54, 1.807) is 19.2 Å². The molecule has 0 amide bonds. The molecule has 0 fully saturated rings. The highest BCUT2D eigenvalue weighted by atomic mass is 16.5. The first-order valence-corrected chi connectivity index (χ1v) is 4.97. The number of ether oxygens (including phenoxy) is 1. The van der Waals surface area contributed by atoms with Crippen LogP contribution in [0.5, 0.6) is 11.5 Å². The number of aryl methyl sites for hydroxylation is 1. The first-order chi connectivity index (χ1) is 7.22. The van der Waals surface area contributed by atoms with Gasteiger partial charge < -0.3 is 20.3 Å². The Morgan fingerprint density at radius 2 is 2.13 bits per heavy atom. The Balaban J connectivity index is 2.98. The normalized spacial score (nSPS) is 10.1. The summed E-state index contributed by atoms with van der Waals surface area (Å²) in [5.41, 5.74) is 1.54. The number of phenolic OH excluding ortho intramolecular Hbond substituents is 1. The van der Waals surface area contributed by atoms with E-state index in [0.29, 0.717) is 18.0 Å². The van der Waals surface area contributed by atoms with Crippen molar-refractivity contribution in [2.75, 3.05) is 25.6 Å². The fourth-order valence-corrected chi connectivity index (χ4v) is 1.39. The Labute approximate surface area is 89.5 Å². The van der Waals surface area contributed by atoms with E-state index in [0.717, 1.165) is 12.0 Å². The van der Waals surface area contributed by atoms with E-state index in [4.69, 9.17) is 9.84 Å². The van der Waals surface area contributed by atoms with Gasteiger partial charge in [-0.1, -0.05) is 6.92 Å². The number of aliphatic hydroxyl groups is 1. The van der Waals surface area contributed by atoms with Crippen molar-refractivity contribution in [1.82, 2.24) is 0 Å². The van der Waals surface area contributed by atoms with Crippen molar-refractivity contribution in [3.05, 3.63) is 17.7 Å². The maximum absolute atomic E-state index is 9.65. The van der Waals surface area contributed by atoms with Crippen LogP contribution < -0.4 is 10.1 Å². The number of hydrogen-bond donors (Lipinski definition) is 3. The molecule has 0 radical (unpaired) electrons. The highest BCUT2D eigenvalue weighted by Gasteiger charge is 2.07. The second kappa shape index (κ2) is 5.46. The predicted octanol–water partition coefficient (Wildman–Crippen LogP) is 1.37. The number of anilines is 1. The fourth-order valence-electron chi connectivity index (χ4n) is 1.39. The van der Waals surface area contributed by atoms with E-state index < -0.39 is 0 Å². The highest BCUT2D eigenvalue weighted by molar-refractivity contribution is 5.62. The van der Waals surface area contributed by atoms with E-state index in [9.17, 15) is 5.11 Å². The largest absolute Gasteiger partial charge is 0.508 e. The zero-order valence-corrected chi connectivity index (χ0v) is 9.08. The molecule has 15 heavy (non-hydrogen) atoms. The van der Waals surface area contributed by atoms with Crippen LogP contribution in [-0.4, -0.2) is 30.5 Å². The van der Waals surface area contributed by atoms with Gasteiger partial charge in [0.15, 0.2) is 0 Å². The molecule has 1 rings (SSSR count). The number of aromatic hydroxyl groups is 1. The third-order valence-corrected chi connectivity index (χ3v) is 2.21. The molecule has 0 bridgehead atoms. The summed E-state index contributed by atoms with van der Waals surface area (Å²) in [7, 11) is 1.58. The molecule has 0 unspecified atom stereocenters. The van der Waals surface area contributed by atoms with Crippen molar-refractivity contribution in [2.24, 2.45) is 0 Å². The molecule has 4 nitrogen and oxygen atoms in total. The van der Waals surface area contributed by atoms with Crippen LogP contribution in [-0.2, 0) is 6.42 Å². The molecule has 0 saturated carbocycles. The van der Waals surface area contributed by atoms with Gasteiger partial charge in [-0.05, 0) is 18.1 Å². The predicted molar refractivity (Wildman–Crippen MR) is 59.6 cm³/mol. The minimum Gasteiger partial charge on any atom is -0.508 e. The van der Waals surface area contributed by atoms with E-state index in [2.05, 4.69) is 5.32 Å². The molecule has 1 aromatic carbocycles. The molecule has 0 aliphatic rings. The Morgan fingerprint density at radius 3 is 2.67 bits per heavy atom. The van der Waals surface area contributed by atoms with Crippen LogP contribution in [0.25, 0.3) is 0 Å². The van der Waals surface area contributed by atoms with Crippen molar-refractivity contribution in [2.45, 2.75) is 13.3 Å². The summed E-state index contributed by atoms with van der Waals surface area (Å²) < 4.78 is 5.18. The van der Waals surface area contributed by atoms with Gasteiger partial charge in [-0.3, -0.25) is 0 Å². The minimum atomic E-state index is 0.0411. The number of rotatable bonds is 5. The van der Waals surface area contributed by atoms with Gasteiger partial charge in [0.1, 0.15) is 11.5 Å². The number of phenols is 1. The lowest BCUT2D eigenvalue weighted by atomic mass is 10.1. The summed E-state index contributed by atoms with van der Waals surface area (Å²) in [4.78, 5) is 0. The second-order valence-electron chi connectivity index (χ2n) is 3.19. The number of benzene rings is 1. The summed E-state index contributed by atoms with van der Waals surface area (Å²) in [5.74, 6) is 0.928. The molecular formula is C11H17NO3. The van der Waals surface area contributed by atoms with Crippen molar-refractivity contribution in [1.29, 1.82) is 0 Å². The maximum Gasteiger partial charge on any atom is 0.142 e. The summed E-state index contributed by atoms with van der Waals surface area (Å²) >= 11 is 0. The van der Waals surface area contributed by atoms with Crippen molar-refractivity contribution in [3.8, 4) is 11.5 Å². The number of nitrogens with one attached hydrogen (secondary N) is 1. The lowest BCUT2D eigenvalue weighted by Crippen LogP contribution is -2.06. The quantitative estimate of drug-likeness (QED) is 0.688. The molecular weight excluding hydrogens is 194 g/mol. The van der Waals surface area contributed by atoms with Gasteiger partial charge in [0.2, 0.25) is 0 Å². The smallest absolute Gasteiger partial charge is 0.142 e. The average molecular weight is 211 g/mol. The summed E-state index contributed by atoms with van der Waals surface area (Å²) in [6.45, 7) is 2.44. The Bertz CT molecular complexity index is 326. The van der Waals surface area contributed by atoms with E-state index in [1.165, 1.54) is 0 Å². The Morgan fingerprint density at radius 1 is 1.40 bits per heavy atom. The molecule has 4 heteroatoms. The lowest BCUT2D eigenvalue weighted by molar-refractivity contribution is 0.310. The van der Waals surface area contributed by atoms with Crippen LogP contribution >= 0.6 is 0 Å². The summed E-state index contributed by atoms with van der Waals surface area (Å²) in [5, 5.41) is 21.3. The third kappa shape index (κ3) is 2.76. The first kappa shape index (κ1) is 11.7. The van der Waals surface area contributed by atoms with Crippen LogP contribution in [0.4, 0.5) is 5.69 Å². The van der Waals surface area contributed by atoms with Gasteiger partial charge in [-0.15, -0.1) is 0 Å². The van der Waals surface area contributed by atoms with Crippen molar-refractivity contribution in [3.63, 3.8) is 0 Å². The van der Waals surface area contributed by atoms with E-state index in [-0.39, 0.29) is 12.4 Å². The standard InChI is InChI=1S/C11H17NO3/c1-3-8-6-11(15-2)9(7-10(8)14)12-4-5-13/h6-7,12-14H,3-5H2,1-2H3. The number of methoxy groups -OCH3 is 1. The van der Waals surface area contributed by atoms with Crippen LogP contribution in [0.15, 0.2) is 12.1 Å². The van der Waals surface area contributed by atoms with E-state index >= 15 is 0 Å². The molecule has 1 aromatic rings. The van der Waals surface area contributed by atoms with Crippen molar-refractivity contribution >= 4 is 5.69 Å².